The molecule has 1 amide bonds. The zero-order valence-electron chi connectivity index (χ0n) is 13.9. The fraction of sp³-hybridized carbons (Fsp3) is 0.278. The number of aromatic nitrogens is 3. The van der Waals surface area contributed by atoms with Gasteiger partial charge in [0.05, 0.1) is 24.8 Å². The minimum atomic E-state index is -2.79. The molecule has 0 N–H and O–H groups in total. The van der Waals surface area contributed by atoms with Gasteiger partial charge in [0.25, 0.3) is 5.92 Å². The van der Waals surface area contributed by atoms with E-state index in [0.717, 1.165) is 21.6 Å². The van der Waals surface area contributed by atoms with Crippen LogP contribution in [-0.4, -0.2) is 44.6 Å². The monoisotopic (exact) mass is 360 g/mol. The lowest BCUT2D eigenvalue weighted by molar-refractivity contribution is -0.166. The fourth-order valence-corrected chi connectivity index (χ4v) is 3.10. The largest absolute Gasteiger partial charge is 0.329 e. The zero-order chi connectivity index (χ0) is 18.5. The first kappa shape index (κ1) is 16.6. The number of halogens is 3. The number of nitrogens with zero attached hydrogens (tertiary/aromatic N) is 4. The molecule has 1 fully saturated rings. The van der Waals surface area contributed by atoms with Crippen LogP contribution in [0.1, 0.15) is 5.56 Å². The summed E-state index contributed by atoms with van der Waals surface area (Å²) in [7, 11) is 0. The van der Waals surface area contributed by atoms with E-state index in [4.69, 9.17) is 0 Å². The molecule has 1 aliphatic rings. The predicted octanol–water partition coefficient (Wildman–Crippen LogP) is 3.02. The van der Waals surface area contributed by atoms with Gasteiger partial charge in [-0.05, 0) is 36.2 Å². The van der Waals surface area contributed by atoms with Crippen molar-refractivity contribution in [3.05, 3.63) is 48.0 Å². The van der Waals surface area contributed by atoms with E-state index in [0.29, 0.717) is 11.0 Å². The molecule has 3 heterocycles. The smallest absolute Gasteiger partial charge is 0.282 e. The quantitative estimate of drug-likeness (QED) is 0.721. The van der Waals surface area contributed by atoms with Crippen molar-refractivity contribution in [2.75, 3.05) is 13.1 Å². The molecule has 0 unspecified atom stereocenters. The number of carbonyl (C=O) groups is 1. The second kappa shape index (κ2) is 5.82. The van der Waals surface area contributed by atoms with Crippen LogP contribution in [0.2, 0.25) is 0 Å². The molecule has 4 rings (SSSR count). The molecular formula is C18H15F3N4O. The SMILES string of the molecule is Cc1cc(F)ccc1-c1cnc2cnn(CC(=O)N3CC(F)(F)C3)c2c1. The number of benzene rings is 1. The summed E-state index contributed by atoms with van der Waals surface area (Å²) in [5, 5.41) is 4.14. The highest BCUT2D eigenvalue weighted by Gasteiger charge is 2.46. The van der Waals surface area contributed by atoms with Crippen LogP contribution < -0.4 is 0 Å². The molecule has 134 valence electrons. The number of carbonyl (C=O) groups excluding carboxylic acids is 1. The Bertz CT molecular complexity index is 1010. The number of aryl methyl sites for hydroxylation is 1. The highest BCUT2D eigenvalue weighted by molar-refractivity contribution is 5.83. The van der Waals surface area contributed by atoms with Crippen molar-refractivity contribution >= 4 is 16.9 Å². The Hall–Kier alpha value is -2.90. The molecule has 0 atom stereocenters. The maximum absolute atomic E-state index is 13.3. The number of pyridine rings is 1. The molecule has 8 heteroatoms. The first-order chi connectivity index (χ1) is 12.3. The minimum absolute atomic E-state index is 0.132. The summed E-state index contributed by atoms with van der Waals surface area (Å²) in [6, 6.07) is 6.29. The number of hydrogen-bond donors (Lipinski definition) is 0. The first-order valence-electron chi connectivity index (χ1n) is 8.06. The van der Waals surface area contributed by atoms with Gasteiger partial charge in [0.2, 0.25) is 5.91 Å². The van der Waals surface area contributed by atoms with Gasteiger partial charge >= 0.3 is 0 Å². The summed E-state index contributed by atoms with van der Waals surface area (Å²) in [6.07, 6.45) is 3.18. The van der Waals surface area contributed by atoms with Crippen LogP contribution in [0.5, 0.6) is 0 Å². The van der Waals surface area contributed by atoms with Crippen molar-refractivity contribution in [3.63, 3.8) is 0 Å². The van der Waals surface area contributed by atoms with Gasteiger partial charge in [-0.2, -0.15) is 5.10 Å². The topological polar surface area (TPSA) is 51.0 Å². The number of amides is 1. The van der Waals surface area contributed by atoms with Crippen molar-refractivity contribution in [1.29, 1.82) is 0 Å². The molecule has 5 nitrogen and oxygen atoms in total. The van der Waals surface area contributed by atoms with Gasteiger partial charge in [-0.15, -0.1) is 0 Å². The molecule has 1 aromatic carbocycles. The summed E-state index contributed by atoms with van der Waals surface area (Å²) in [4.78, 5) is 17.6. The van der Waals surface area contributed by atoms with Crippen LogP contribution in [-0.2, 0) is 11.3 Å². The van der Waals surface area contributed by atoms with Crippen LogP contribution in [0.4, 0.5) is 13.2 Å². The molecule has 0 saturated carbocycles. The van der Waals surface area contributed by atoms with Crippen molar-refractivity contribution in [3.8, 4) is 11.1 Å². The molecule has 0 spiro atoms. The van der Waals surface area contributed by atoms with E-state index in [2.05, 4.69) is 10.1 Å². The molecule has 0 aliphatic carbocycles. The van der Waals surface area contributed by atoms with Gasteiger partial charge in [-0.25, -0.2) is 13.2 Å². The van der Waals surface area contributed by atoms with Crippen LogP contribution in [0, 0.1) is 12.7 Å². The molecule has 1 aliphatic heterocycles. The Balaban J connectivity index is 1.64. The number of fused-ring (bicyclic) bond motifs is 1. The number of likely N-dealkylation sites (tertiary alicyclic amines) is 1. The maximum Gasteiger partial charge on any atom is 0.282 e. The molecule has 1 saturated heterocycles. The Kier molecular flexibility index (Phi) is 3.71. The summed E-state index contributed by atoms with van der Waals surface area (Å²) < 4.78 is 40.6. The van der Waals surface area contributed by atoms with Crippen LogP contribution in [0.3, 0.4) is 0 Å². The summed E-state index contributed by atoms with van der Waals surface area (Å²) >= 11 is 0. The minimum Gasteiger partial charge on any atom is -0.329 e. The standard InChI is InChI=1S/C18H15F3N4O/c1-11-4-13(19)2-3-14(11)12-5-16-15(22-6-12)7-23-25(16)8-17(26)24-9-18(20,21)10-24/h2-7H,8-10H2,1H3. The van der Waals surface area contributed by atoms with Gasteiger partial charge in [0.15, 0.2) is 0 Å². The third-order valence-electron chi connectivity index (χ3n) is 4.48. The van der Waals surface area contributed by atoms with Crippen LogP contribution in [0.15, 0.2) is 36.7 Å². The summed E-state index contributed by atoms with van der Waals surface area (Å²) in [6.45, 7) is 0.563. The van der Waals surface area contributed by atoms with E-state index in [1.807, 2.05) is 6.07 Å². The van der Waals surface area contributed by atoms with Gasteiger partial charge in [0, 0.05) is 11.8 Å². The predicted molar refractivity (Wildman–Crippen MR) is 89.2 cm³/mol. The van der Waals surface area contributed by atoms with Crippen molar-refractivity contribution < 1.29 is 18.0 Å². The Morgan fingerprint density at radius 2 is 2.00 bits per heavy atom. The van der Waals surface area contributed by atoms with Crippen LogP contribution in [0.25, 0.3) is 22.2 Å². The summed E-state index contributed by atoms with van der Waals surface area (Å²) in [5.74, 6) is -3.52. The van der Waals surface area contributed by atoms with E-state index < -0.39 is 24.9 Å². The third kappa shape index (κ3) is 2.91. The second-order valence-corrected chi connectivity index (χ2v) is 6.50. The average molecular weight is 360 g/mol. The highest BCUT2D eigenvalue weighted by Crippen LogP contribution is 2.28. The Labute approximate surface area is 147 Å². The lowest BCUT2D eigenvalue weighted by Gasteiger charge is -2.38. The van der Waals surface area contributed by atoms with Crippen LogP contribution >= 0.6 is 0 Å². The Morgan fingerprint density at radius 3 is 2.69 bits per heavy atom. The highest BCUT2D eigenvalue weighted by atomic mass is 19.3. The Morgan fingerprint density at radius 1 is 1.23 bits per heavy atom. The summed E-state index contributed by atoms with van der Waals surface area (Å²) in [5.41, 5.74) is 3.56. The molecule has 26 heavy (non-hydrogen) atoms. The lowest BCUT2D eigenvalue weighted by atomic mass is 10.0. The van der Waals surface area contributed by atoms with Crippen molar-refractivity contribution in [1.82, 2.24) is 19.7 Å². The van der Waals surface area contributed by atoms with E-state index in [1.165, 1.54) is 23.0 Å². The maximum atomic E-state index is 13.3. The number of rotatable bonds is 3. The second-order valence-electron chi connectivity index (χ2n) is 6.50. The van der Waals surface area contributed by atoms with Crippen molar-refractivity contribution in [2.24, 2.45) is 0 Å². The van der Waals surface area contributed by atoms with Gasteiger partial charge < -0.3 is 4.90 Å². The van der Waals surface area contributed by atoms with E-state index in [-0.39, 0.29) is 12.4 Å². The van der Waals surface area contributed by atoms with E-state index >= 15 is 0 Å². The fourth-order valence-electron chi connectivity index (χ4n) is 3.10. The van der Waals surface area contributed by atoms with Gasteiger partial charge in [-0.1, -0.05) is 6.07 Å². The molecular weight excluding hydrogens is 345 g/mol. The van der Waals surface area contributed by atoms with E-state index in [1.54, 1.807) is 19.2 Å². The van der Waals surface area contributed by atoms with Gasteiger partial charge in [-0.3, -0.25) is 14.5 Å². The number of alkyl halides is 2. The first-order valence-corrected chi connectivity index (χ1v) is 8.06. The van der Waals surface area contributed by atoms with E-state index in [9.17, 15) is 18.0 Å². The molecule has 0 bridgehead atoms. The lowest BCUT2D eigenvalue weighted by Crippen LogP contribution is -2.59. The molecule has 2 aromatic heterocycles. The zero-order valence-corrected chi connectivity index (χ0v) is 13.9. The van der Waals surface area contributed by atoms with Gasteiger partial charge in [0.1, 0.15) is 17.9 Å². The molecule has 0 radical (unpaired) electrons. The third-order valence-corrected chi connectivity index (χ3v) is 4.48. The normalized spacial score (nSPS) is 15.9. The van der Waals surface area contributed by atoms with Crippen molar-refractivity contribution in [2.45, 2.75) is 19.4 Å². The average Bonchev–Trinajstić information content (AvgIpc) is 2.94. The number of hydrogen-bond acceptors (Lipinski definition) is 3. The molecule has 3 aromatic rings.